The highest BCUT2D eigenvalue weighted by molar-refractivity contribution is 6.31. The molecular weight excluding hydrogens is 202 g/mol. The second-order valence-corrected chi connectivity index (χ2v) is 3.86. The van der Waals surface area contributed by atoms with Crippen molar-refractivity contribution in [2.75, 3.05) is 0 Å². The highest BCUT2D eigenvalue weighted by atomic mass is 35.5. The fraction of sp³-hybridized carbons (Fsp3) is 0.400. The fourth-order valence-electron chi connectivity index (χ4n) is 1.42. The van der Waals surface area contributed by atoms with Gasteiger partial charge >= 0.3 is 5.97 Å². The predicted octanol–water partition coefficient (Wildman–Crippen LogP) is 2.56. The minimum atomic E-state index is -0.854. The summed E-state index contributed by atoms with van der Waals surface area (Å²) in [5.41, 5.74) is 0.629. The largest absolute Gasteiger partial charge is 0.481 e. The molecule has 0 saturated carbocycles. The molecule has 14 heavy (non-hydrogen) atoms. The van der Waals surface area contributed by atoms with Crippen LogP contribution in [0.4, 0.5) is 0 Å². The normalized spacial score (nSPS) is 12.9. The molecule has 0 amide bonds. The zero-order valence-electron chi connectivity index (χ0n) is 8.07. The third kappa shape index (κ3) is 2.23. The Labute approximate surface area is 87.7 Å². The summed E-state index contributed by atoms with van der Waals surface area (Å²) in [6.45, 7) is 3.71. The molecule has 0 saturated heterocycles. The minimum Gasteiger partial charge on any atom is -0.481 e. The van der Waals surface area contributed by atoms with Crippen molar-refractivity contribution >= 4 is 17.6 Å². The lowest BCUT2D eigenvalue weighted by Gasteiger charge is -2.17. The van der Waals surface area contributed by atoms with Crippen LogP contribution in [0.3, 0.4) is 0 Å². The number of carboxylic acids is 1. The molecule has 1 atom stereocenters. The van der Waals surface area contributed by atoms with Gasteiger partial charge in [0, 0.05) is 12.4 Å². The molecule has 0 aliphatic rings. The average molecular weight is 214 g/mol. The molecule has 0 radical (unpaired) electrons. The van der Waals surface area contributed by atoms with E-state index < -0.39 is 11.9 Å². The van der Waals surface area contributed by atoms with Crippen LogP contribution < -0.4 is 0 Å². The molecule has 0 aromatic carbocycles. The fourth-order valence-corrected chi connectivity index (χ4v) is 1.65. The quantitative estimate of drug-likeness (QED) is 0.840. The van der Waals surface area contributed by atoms with Crippen LogP contribution in [0.1, 0.15) is 25.3 Å². The van der Waals surface area contributed by atoms with Crippen molar-refractivity contribution in [3.8, 4) is 0 Å². The maximum atomic E-state index is 11.0. The Morgan fingerprint density at radius 3 is 2.64 bits per heavy atom. The second kappa shape index (κ2) is 4.42. The van der Waals surface area contributed by atoms with Gasteiger partial charge in [0.1, 0.15) is 0 Å². The van der Waals surface area contributed by atoms with Crippen molar-refractivity contribution in [2.45, 2.75) is 19.8 Å². The van der Waals surface area contributed by atoms with Gasteiger partial charge < -0.3 is 5.11 Å². The van der Waals surface area contributed by atoms with Gasteiger partial charge in [-0.15, -0.1) is 0 Å². The number of carbonyl (C=O) groups is 1. The lowest BCUT2D eigenvalue weighted by molar-refractivity contribution is -0.139. The van der Waals surface area contributed by atoms with Crippen molar-refractivity contribution in [3.05, 3.63) is 29.0 Å². The zero-order chi connectivity index (χ0) is 10.7. The van der Waals surface area contributed by atoms with Crippen molar-refractivity contribution in [2.24, 2.45) is 5.92 Å². The van der Waals surface area contributed by atoms with E-state index in [0.717, 1.165) is 0 Å². The van der Waals surface area contributed by atoms with Gasteiger partial charge in [-0.25, -0.2) is 0 Å². The Morgan fingerprint density at radius 2 is 2.21 bits per heavy atom. The first-order chi connectivity index (χ1) is 6.54. The number of hydrogen-bond acceptors (Lipinski definition) is 2. The lowest BCUT2D eigenvalue weighted by atomic mass is 9.89. The molecule has 0 spiro atoms. The molecule has 0 fully saturated rings. The van der Waals surface area contributed by atoms with Gasteiger partial charge in [-0.05, 0) is 17.5 Å². The van der Waals surface area contributed by atoms with Gasteiger partial charge in [0.15, 0.2) is 0 Å². The molecule has 0 aliphatic heterocycles. The predicted molar refractivity (Wildman–Crippen MR) is 54.5 cm³/mol. The number of rotatable bonds is 3. The van der Waals surface area contributed by atoms with Crippen molar-refractivity contribution in [3.63, 3.8) is 0 Å². The molecule has 0 aliphatic carbocycles. The summed E-state index contributed by atoms with van der Waals surface area (Å²) < 4.78 is 0. The van der Waals surface area contributed by atoms with Crippen LogP contribution in [0.5, 0.6) is 0 Å². The summed E-state index contributed by atoms with van der Waals surface area (Å²) in [5.74, 6) is -1.41. The monoisotopic (exact) mass is 213 g/mol. The highest BCUT2D eigenvalue weighted by Crippen LogP contribution is 2.29. The van der Waals surface area contributed by atoms with E-state index in [1.54, 1.807) is 12.3 Å². The summed E-state index contributed by atoms with van der Waals surface area (Å²) in [7, 11) is 0. The Kier molecular flexibility index (Phi) is 3.47. The van der Waals surface area contributed by atoms with Crippen molar-refractivity contribution < 1.29 is 9.90 Å². The third-order valence-electron chi connectivity index (χ3n) is 2.07. The van der Waals surface area contributed by atoms with Crippen LogP contribution >= 0.6 is 11.6 Å². The van der Waals surface area contributed by atoms with Gasteiger partial charge in [-0.3, -0.25) is 9.78 Å². The summed E-state index contributed by atoms with van der Waals surface area (Å²) in [6.07, 6.45) is 3.02. The number of aliphatic carboxylic acids is 1. The summed E-state index contributed by atoms with van der Waals surface area (Å²) in [5, 5.41) is 9.45. The number of pyridine rings is 1. The molecule has 1 heterocycles. The van der Waals surface area contributed by atoms with E-state index in [1.807, 2.05) is 13.8 Å². The Hall–Kier alpha value is -1.09. The Morgan fingerprint density at radius 1 is 1.57 bits per heavy atom. The molecular formula is C10H12ClNO2. The van der Waals surface area contributed by atoms with Crippen molar-refractivity contribution in [1.29, 1.82) is 0 Å². The molecule has 76 valence electrons. The minimum absolute atomic E-state index is 0.00685. The standard InChI is InChI=1S/C10H12ClNO2/c1-6(2)9(10(13)14)7-3-4-12-5-8(7)11/h3-6,9H,1-2H3,(H,13,14). The van der Waals surface area contributed by atoms with Gasteiger partial charge in [-0.2, -0.15) is 0 Å². The number of nitrogens with zero attached hydrogens (tertiary/aromatic N) is 1. The molecule has 4 heteroatoms. The van der Waals surface area contributed by atoms with Crippen LogP contribution in [-0.4, -0.2) is 16.1 Å². The summed E-state index contributed by atoms with van der Waals surface area (Å²) in [6, 6.07) is 1.65. The van der Waals surface area contributed by atoms with Crippen LogP contribution in [-0.2, 0) is 4.79 Å². The topological polar surface area (TPSA) is 50.2 Å². The highest BCUT2D eigenvalue weighted by Gasteiger charge is 2.25. The van der Waals surface area contributed by atoms with Gasteiger partial charge in [-0.1, -0.05) is 25.4 Å². The first kappa shape index (κ1) is 11.0. The van der Waals surface area contributed by atoms with Crippen LogP contribution in [0, 0.1) is 5.92 Å². The summed E-state index contributed by atoms with van der Waals surface area (Å²) >= 11 is 5.88. The van der Waals surface area contributed by atoms with Gasteiger partial charge in [0.25, 0.3) is 0 Å². The lowest BCUT2D eigenvalue weighted by Crippen LogP contribution is -2.17. The average Bonchev–Trinajstić information content (AvgIpc) is 2.07. The molecule has 1 N–H and O–H groups in total. The van der Waals surface area contributed by atoms with Crippen molar-refractivity contribution in [1.82, 2.24) is 4.98 Å². The maximum Gasteiger partial charge on any atom is 0.311 e. The van der Waals surface area contributed by atoms with E-state index in [1.165, 1.54) is 6.20 Å². The maximum absolute atomic E-state index is 11.0. The first-order valence-electron chi connectivity index (χ1n) is 4.36. The van der Waals surface area contributed by atoms with Gasteiger partial charge in [0.2, 0.25) is 0 Å². The number of halogens is 1. The molecule has 0 bridgehead atoms. The van der Waals surface area contributed by atoms with Crippen LogP contribution in [0.25, 0.3) is 0 Å². The van der Waals surface area contributed by atoms with E-state index in [9.17, 15) is 4.79 Å². The molecule has 1 unspecified atom stereocenters. The van der Waals surface area contributed by atoms with E-state index in [-0.39, 0.29) is 5.92 Å². The smallest absolute Gasteiger partial charge is 0.311 e. The number of aromatic nitrogens is 1. The Bertz CT molecular complexity index is 339. The zero-order valence-corrected chi connectivity index (χ0v) is 8.82. The SMILES string of the molecule is CC(C)C(C(=O)O)c1ccncc1Cl. The molecule has 3 nitrogen and oxygen atoms in total. The first-order valence-corrected chi connectivity index (χ1v) is 4.74. The number of hydrogen-bond donors (Lipinski definition) is 1. The van der Waals surface area contributed by atoms with E-state index in [2.05, 4.69) is 4.98 Å². The molecule has 1 aromatic rings. The molecule has 1 aromatic heterocycles. The van der Waals surface area contributed by atoms with Crippen LogP contribution in [0.2, 0.25) is 5.02 Å². The van der Waals surface area contributed by atoms with Crippen LogP contribution in [0.15, 0.2) is 18.5 Å². The Balaban J connectivity index is 3.12. The van der Waals surface area contributed by atoms with Gasteiger partial charge in [0.05, 0.1) is 10.9 Å². The van der Waals surface area contributed by atoms with E-state index >= 15 is 0 Å². The van der Waals surface area contributed by atoms with E-state index in [4.69, 9.17) is 16.7 Å². The second-order valence-electron chi connectivity index (χ2n) is 3.46. The third-order valence-corrected chi connectivity index (χ3v) is 2.39. The number of carboxylic acid groups (broad SMARTS) is 1. The van der Waals surface area contributed by atoms with E-state index in [0.29, 0.717) is 10.6 Å². The molecule has 1 rings (SSSR count). The summed E-state index contributed by atoms with van der Waals surface area (Å²) in [4.78, 5) is 14.8.